The molecular formula is C34H37F6N7O4. The number of carboxylic acid groups (broad SMARTS) is 2. The Morgan fingerprint density at radius 3 is 1.94 bits per heavy atom. The fourth-order valence-electron chi connectivity index (χ4n) is 5.76. The SMILES string of the molecule is O=C(O)C(F)(F)F.O=C(O)C(F)(F)F.c1ccc(-c2ccnc(N[C@@H]3CCCC[C@H]3N[C@H]3CCCN(c4ccc(-n5cccn5)cc4)C3)n2)cc1. The van der Waals surface area contributed by atoms with Crippen molar-refractivity contribution in [3.05, 3.63) is 85.3 Å². The number of carboxylic acids is 2. The lowest BCUT2D eigenvalue weighted by Gasteiger charge is -2.40. The van der Waals surface area contributed by atoms with Crippen LogP contribution in [0.25, 0.3) is 16.9 Å². The number of piperidine rings is 1. The van der Waals surface area contributed by atoms with E-state index >= 15 is 0 Å². The zero-order chi connectivity index (χ0) is 37.0. The van der Waals surface area contributed by atoms with Gasteiger partial charge in [-0.1, -0.05) is 43.2 Å². The van der Waals surface area contributed by atoms with Crippen LogP contribution in [0.5, 0.6) is 0 Å². The molecular weight excluding hydrogens is 684 g/mol. The minimum absolute atomic E-state index is 0.337. The van der Waals surface area contributed by atoms with Crippen molar-refractivity contribution in [2.24, 2.45) is 0 Å². The van der Waals surface area contributed by atoms with Gasteiger partial charge in [-0.25, -0.2) is 24.2 Å². The van der Waals surface area contributed by atoms with Gasteiger partial charge in [-0.3, -0.25) is 0 Å². The molecule has 51 heavy (non-hydrogen) atoms. The molecule has 4 N–H and O–H groups in total. The molecule has 274 valence electrons. The van der Waals surface area contributed by atoms with Crippen LogP contribution in [0, 0.1) is 0 Å². The molecule has 11 nitrogen and oxygen atoms in total. The van der Waals surface area contributed by atoms with Crippen LogP contribution < -0.4 is 15.5 Å². The Morgan fingerprint density at radius 1 is 0.745 bits per heavy atom. The largest absolute Gasteiger partial charge is 0.490 e. The van der Waals surface area contributed by atoms with Crippen LogP contribution in [0.15, 0.2) is 85.3 Å². The Bertz CT molecular complexity index is 1650. The highest BCUT2D eigenvalue weighted by Crippen LogP contribution is 2.26. The number of alkyl halides is 6. The predicted molar refractivity (Wildman–Crippen MR) is 176 cm³/mol. The maximum absolute atomic E-state index is 10.6. The molecule has 0 unspecified atom stereocenters. The van der Waals surface area contributed by atoms with E-state index in [9.17, 15) is 26.3 Å². The highest BCUT2D eigenvalue weighted by molar-refractivity contribution is 5.73. The van der Waals surface area contributed by atoms with E-state index in [0.29, 0.717) is 18.1 Å². The van der Waals surface area contributed by atoms with Crippen molar-refractivity contribution in [3.63, 3.8) is 0 Å². The first-order chi connectivity index (χ1) is 24.2. The van der Waals surface area contributed by atoms with Gasteiger partial charge in [-0.2, -0.15) is 31.4 Å². The van der Waals surface area contributed by atoms with Gasteiger partial charge in [0.1, 0.15) is 0 Å². The van der Waals surface area contributed by atoms with Crippen molar-refractivity contribution < 1.29 is 46.1 Å². The Balaban J connectivity index is 0.000000353. The summed E-state index contributed by atoms with van der Waals surface area (Å²) in [6, 6.07) is 24.2. The van der Waals surface area contributed by atoms with Crippen LogP contribution in [-0.2, 0) is 9.59 Å². The fourth-order valence-corrected chi connectivity index (χ4v) is 5.76. The molecule has 3 atom stereocenters. The number of rotatable bonds is 7. The average Bonchev–Trinajstić information content (AvgIpc) is 3.65. The van der Waals surface area contributed by atoms with Gasteiger partial charge in [-0.05, 0) is 62.1 Å². The van der Waals surface area contributed by atoms with Gasteiger partial charge in [0.2, 0.25) is 5.95 Å². The highest BCUT2D eigenvalue weighted by Gasteiger charge is 2.39. The topological polar surface area (TPSA) is 146 Å². The number of nitrogens with one attached hydrogen (secondary N) is 2. The van der Waals surface area contributed by atoms with E-state index in [1.54, 1.807) is 0 Å². The van der Waals surface area contributed by atoms with E-state index in [0.717, 1.165) is 42.4 Å². The first-order valence-corrected chi connectivity index (χ1v) is 16.1. The molecule has 1 aliphatic heterocycles. The minimum Gasteiger partial charge on any atom is -0.475 e. The summed E-state index contributed by atoms with van der Waals surface area (Å²) in [5, 5.41) is 26.3. The maximum atomic E-state index is 10.6. The van der Waals surface area contributed by atoms with E-state index in [1.165, 1.54) is 37.8 Å². The first-order valence-electron chi connectivity index (χ1n) is 16.1. The van der Waals surface area contributed by atoms with Crippen molar-refractivity contribution in [2.75, 3.05) is 23.3 Å². The number of hydrogen-bond acceptors (Lipinski definition) is 8. The molecule has 3 heterocycles. The van der Waals surface area contributed by atoms with E-state index in [4.69, 9.17) is 24.8 Å². The van der Waals surface area contributed by atoms with E-state index in [-0.39, 0.29) is 0 Å². The van der Waals surface area contributed by atoms with Crippen LogP contribution in [0.4, 0.5) is 38.0 Å². The fraction of sp³-hybridized carbons (Fsp3) is 0.382. The van der Waals surface area contributed by atoms with Gasteiger partial charge in [0, 0.05) is 61.1 Å². The molecule has 6 rings (SSSR count). The van der Waals surface area contributed by atoms with Crippen LogP contribution in [0.1, 0.15) is 38.5 Å². The average molecular weight is 722 g/mol. The van der Waals surface area contributed by atoms with Gasteiger partial charge in [0.15, 0.2) is 0 Å². The number of aliphatic carboxylic acids is 2. The Hall–Kier alpha value is -5.19. The molecule has 0 amide bonds. The quantitative estimate of drug-likeness (QED) is 0.155. The second-order valence-electron chi connectivity index (χ2n) is 11.8. The third kappa shape index (κ3) is 12.0. The summed E-state index contributed by atoms with van der Waals surface area (Å²) in [7, 11) is 0. The third-order valence-electron chi connectivity index (χ3n) is 8.15. The number of nitrogens with zero attached hydrogens (tertiary/aromatic N) is 5. The lowest BCUT2D eigenvalue weighted by atomic mass is 9.89. The summed E-state index contributed by atoms with van der Waals surface area (Å²) in [5.74, 6) is -4.79. The molecule has 2 aliphatic rings. The Kier molecular flexibility index (Phi) is 13.4. The summed E-state index contributed by atoms with van der Waals surface area (Å²) < 4.78 is 65.4. The molecule has 4 aromatic rings. The molecule has 1 saturated carbocycles. The number of halogens is 6. The van der Waals surface area contributed by atoms with Gasteiger partial charge in [0.05, 0.1) is 11.4 Å². The molecule has 1 aliphatic carbocycles. The zero-order valence-corrected chi connectivity index (χ0v) is 27.2. The van der Waals surface area contributed by atoms with E-state index < -0.39 is 24.3 Å². The minimum atomic E-state index is -5.08. The van der Waals surface area contributed by atoms with Gasteiger partial charge >= 0.3 is 24.3 Å². The molecule has 2 fully saturated rings. The van der Waals surface area contributed by atoms with Crippen molar-refractivity contribution in [2.45, 2.75) is 69.0 Å². The molecule has 0 radical (unpaired) electrons. The van der Waals surface area contributed by atoms with E-state index in [2.05, 4.69) is 62.0 Å². The summed E-state index contributed by atoms with van der Waals surface area (Å²) in [5.41, 5.74) is 4.45. The standard InChI is InChI=1S/C30H35N7.2C2HF3O2/c1-2-8-23(9-3-1)27-17-19-31-30(34-27)35-29-12-5-4-11-28(29)33-24-10-6-20-36(22-24)25-13-15-26(16-14-25)37-21-7-18-32-37;2*3-2(4,5)1(6)7/h1-3,7-9,13-19,21,24,28-29,33H,4-6,10-12,20,22H2,(H,31,34,35);2*(H,6,7)/t24-,28+,29+;;/m0../s1. The molecule has 17 heteroatoms. The number of carbonyl (C=O) groups is 2. The van der Waals surface area contributed by atoms with Crippen LogP contribution in [-0.4, -0.2) is 85.5 Å². The van der Waals surface area contributed by atoms with Gasteiger partial charge < -0.3 is 25.7 Å². The van der Waals surface area contributed by atoms with Gasteiger partial charge in [0.25, 0.3) is 0 Å². The first kappa shape index (κ1) is 38.6. The lowest BCUT2D eigenvalue weighted by Crippen LogP contribution is -2.55. The van der Waals surface area contributed by atoms with E-state index in [1.807, 2.05) is 53.6 Å². The lowest BCUT2D eigenvalue weighted by molar-refractivity contribution is -0.193. The second kappa shape index (κ2) is 17.6. The van der Waals surface area contributed by atoms with Crippen molar-refractivity contribution >= 4 is 23.6 Å². The second-order valence-corrected chi connectivity index (χ2v) is 11.8. The number of aromatic nitrogens is 4. The highest BCUT2D eigenvalue weighted by atomic mass is 19.4. The summed E-state index contributed by atoms with van der Waals surface area (Å²) in [4.78, 5) is 29.7. The Labute approximate surface area is 289 Å². The van der Waals surface area contributed by atoms with Crippen LogP contribution in [0.2, 0.25) is 0 Å². The molecule has 0 bridgehead atoms. The van der Waals surface area contributed by atoms with Crippen molar-refractivity contribution in [1.29, 1.82) is 0 Å². The predicted octanol–water partition coefficient (Wildman–Crippen LogP) is 6.58. The summed E-state index contributed by atoms with van der Waals surface area (Å²) in [6.07, 6.45) is 2.74. The molecule has 1 saturated heterocycles. The Morgan fingerprint density at radius 2 is 1.35 bits per heavy atom. The number of anilines is 2. The zero-order valence-electron chi connectivity index (χ0n) is 27.2. The summed E-state index contributed by atoms with van der Waals surface area (Å²) >= 11 is 0. The normalized spacial score (nSPS) is 19.1. The molecule has 2 aromatic carbocycles. The third-order valence-corrected chi connectivity index (χ3v) is 8.15. The monoisotopic (exact) mass is 721 g/mol. The number of hydrogen-bond donors (Lipinski definition) is 4. The molecule has 2 aromatic heterocycles. The maximum Gasteiger partial charge on any atom is 0.490 e. The van der Waals surface area contributed by atoms with Crippen molar-refractivity contribution in [1.82, 2.24) is 25.1 Å². The van der Waals surface area contributed by atoms with Crippen LogP contribution in [0.3, 0.4) is 0 Å². The van der Waals surface area contributed by atoms with Gasteiger partial charge in [-0.15, -0.1) is 0 Å². The number of benzene rings is 2. The van der Waals surface area contributed by atoms with Crippen molar-refractivity contribution in [3.8, 4) is 16.9 Å². The molecule has 0 spiro atoms. The summed E-state index contributed by atoms with van der Waals surface area (Å²) in [6.45, 7) is 2.14. The smallest absolute Gasteiger partial charge is 0.475 e. The van der Waals surface area contributed by atoms with Crippen LogP contribution >= 0.6 is 0 Å².